The van der Waals surface area contributed by atoms with Crippen LogP contribution in [0, 0.1) is 0 Å². The van der Waals surface area contributed by atoms with Crippen molar-refractivity contribution in [1.82, 2.24) is 0 Å². The van der Waals surface area contributed by atoms with Crippen LogP contribution in [0.25, 0.3) is 0 Å². The normalized spacial score (nSPS) is 9.92. The molecule has 0 amide bonds. The van der Waals surface area contributed by atoms with Crippen LogP contribution in [0.5, 0.6) is 11.5 Å². The highest BCUT2D eigenvalue weighted by Gasteiger charge is 2.09. The van der Waals surface area contributed by atoms with Crippen molar-refractivity contribution < 1.29 is 10.2 Å². The number of phenols is 2. The van der Waals surface area contributed by atoms with Crippen LogP contribution in [-0.4, -0.2) is 10.2 Å². The monoisotopic (exact) mass is 178 g/mol. The molecule has 1 aromatic rings. The molecule has 0 aliphatic rings. The van der Waals surface area contributed by atoms with E-state index in [4.69, 9.17) is 0 Å². The van der Waals surface area contributed by atoms with Crippen molar-refractivity contribution >= 4 is 0 Å². The van der Waals surface area contributed by atoms with E-state index in [-0.39, 0.29) is 11.5 Å². The number of allylic oxidation sites excluding steroid dienone is 1. The fraction of sp³-hybridized carbons (Fsp3) is 0.273. The molecule has 0 atom stereocenters. The van der Waals surface area contributed by atoms with Crippen molar-refractivity contribution in [3.63, 3.8) is 0 Å². The van der Waals surface area contributed by atoms with E-state index in [0.717, 1.165) is 11.1 Å². The van der Waals surface area contributed by atoms with Gasteiger partial charge in [0, 0.05) is 11.1 Å². The van der Waals surface area contributed by atoms with E-state index in [1.54, 1.807) is 6.08 Å². The van der Waals surface area contributed by atoms with Crippen LogP contribution >= 0.6 is 0 Å². The molecule has 0 aromatic heterocycles. The fourth-order valence-electron chi connectivity index (χ4n) is 1.43. The van der Waals surface area contributed by atoms with Gasteiger partial charge in [-0.3, -0.25) is 0 Å². The van der Waals surface area contributed by atoms with Crippen molar-refractivity contribution in [3.8, 4) is 11.5 Å². The lowest BCUT2D eigenvalue weighted by atomic mass is 10.0. The molecule has 70 valence electrons. The van der Waals surface area contributed by atoms with Gasteiger partial charge in [-0.2, -0.15) is 0 Å². The third-order valence-electron chi connectivity index (χ3n) is 2.08. The fourth-order valence-corrected chi connectivity index (χ4v) is 1.43. The standard InChI is InChI=1S/C11H14O2/c1-3-5-9-8(4-2)10(12)6-7-11(9)13/h3,6-7,12-13H,1,4-5H2,2H3. The first-order valence-electron chi connectivity index (χ1n) is 4.34. The highest BCUT2D eigenvalue weighted by atomic mass is 16.3. The quantitative estimate of drug-likeness (QED) is 0.551. The highest BCUT2D eigenvalue weighted by Crippen LogP contribution is 2.29. The second-order valence-electron chi connectivity index (χ2n) is 2.91. The van der Waals surface area contributed by atoms with E-state index in [9.17, 15) is 10.2 Å². The first-order chi connectivity index (χ1) is 6.20. The second kappa shape index (κ2) is 3.99. The Bertz CT molecular complexity index is 316. The number of hydrogen-bond donors (Lipinski definition) is 2. The summed E-state index contributed by atoms with van der Waals surface area (Å²) < 4.78 is 0. The van der Waals surface area contributed by atoms with Gasteiger partial charge in [-0.1, -0.05) is 13.0 Å². The van der Waals surface area contributed by atoms with Crippen molar-refractivity contribution in [1.29, 1.82) is 0 Å². The molecule has 0 bridgehead atoms. The maximum Gasteiger partial charge on any atom is 0.119 e. The van der Waals surface area contributed by atoms with Crippen LogP contribution in [0.3, 0.4) is 0 Å². The molecular weight excluding hydrogens is 164 g/mol. The molecule has 0 unspecified atom stereocenters. The molecule has 13 heavy (non-hydrogen) atoms. The molecule has 2 nitrogen and oxygen atoms in total. The number of benzene rings is 1. The van der Waals surface area contributed by atoms with Gasteiger partial charge in [-0.25, -0.2) is 0 Å². The Morgan fingerprint density at radius 2 is 1.77 bits per heavy atom. The Kier molecular flexibility index (Phi) is 2.96. The van der Waals surface area contributed by atoms with Gasteiger partial charge < -0.3 is 10.2 Å². The predicted molar refractivity (Wildman–Crippen MR) is 53.1 cm³/mol. The van der Waals surface area contributed by atoms with Crippen LogP contribution in [0.4, 0.5) is 0 Å². The highest BCUT2D eigenvalue weighted by molar-refractivity contribution is 5.48. The average Bonchev–Trinajstić information content (AvgIpc) is 2.12. The Hall–Kier alpha value is -1.44. The molecule has 1 rings (SSSR count). The molecule has 2 heteroatoms. The van der Waals surface area contributed by atoms with Gasteiger partial charge in [0.1, 0.15) is 11.5 Å². The summed E-state index contributed by atoms with van der Waals surface area (Å²) >= 11 is 0. The zero-order valence-corrected chi connectivity index (χ0v) is 7.75. The molecule has 0 heterocycles. The summed E-state index contributed by atoms with van der Waals surface area (Å²) in [5.41, 5.74) is 1.58. The van der Waals surface area contributed by atoms with Gasteiger partial charge in [-0.15, -0.1) is 6.58 Å². The summed E-state index contributed by atoms with van der Waals surface area (Å²) in [7, 11) is 0. The first kappa shape index (κ1) is 9.65. The van der Waals surface area contributed by atoms with E-state index < -0.39 is 0 Å². The Morgan fingerprint density at radius 3 is 2.23 bits per heavy atom. The number of phenolic OH excluding ortho intramolecular Hbond substituents is 2. The Labute approximate surface area is 78.2 Å². The van der Waals surface area contributed by atoms with Crippen molar-refractivity contribution in [2.45, 2.75) is 19.8 Å². The smallest absolute Gasteiger partial charge is 0.119 e. The Morgan fingerprint density at radius 1 is 1.23 bits per heavy atom. The number of hydrogen-bond acceptors (Lipinski definition) is 2. The lowest BCUT2D eigenvalue weighted by Gasteiger charge is -2.09. The maximum absolute atomic E-state index is 9.52. The molecule has 2 N–H and O–H groups in total. The lowest BCUT2D eigenvalue weighted by molar-refractivity contribution is 0.450. The summed E-state index contributed by atoms with van der Waals surface area (Å²) in [5.74, 6) is 0.478. The van der Waals surface area contributed by atoms with E-state index in [2.05, 4.69) is 6.58 Å². The SMILES string of the molecule is C=CCc1c(O)ccc(O)c1CC. The van der Waals surface area contributed by atoms with Crippen LogP contribution < -0.4 is 0 Å². The third kappa shape index (κ3) is 1.83. The third-order valence-corrected chi connectivity index (χ3v) is 2.08. The van der Waals surface area contributed by atoms with E-state index in [1.165, 1.54) is 12.1 Å². The number of rotatable bonds is 3. The molecule has 0 spiro atoms. The summed E-state index contributed by atoms with van der Waals surface area (Å²) in [6.45, 7) is 5.55. The van der Waals surface area contributed by atoms with Crippen LogP contribution in [0.15, 0.2) is 24.8 Å². The molecule has 0 saturated carbocycles. The topological polar surface area (TPSA) is 40.5 Å². The first-order valence-corrected chi connectivity index (χ1v) is 4.34. The van der Waals surface area contributed by atoms with E-state index in [1.807, 2.05) is 6.92 Å². The van der Waals surface area contributed by atoms with Gasteiger partial charge in [0.15, 0.2) is 0 Å². The lowest BCUT2D eigenvalue weighted by Crippen LogP contribution is -1.92. The molecular formula is C11H14O2. The minimum absolute atomic E-state index is 0.231. The summed E-state index contributed by atoms with van der Waals surface area (Å²) in [6, 6.07) is 3.02. The van der Waals surface area contributed by atoms with Gasteiger partial charge in [0.25, 0.3) is 0 Å². The largest absolute Gasteiger partial charge is 0.508 e. The van der Waals surface area contributed by atoms with Crippen molar-refractivity contribution in [2.75, 3.05) is 0 Å². The van der Waals surface area contributed by atoms with E-state index in [0.29, 0.717) is 12.8 Å². The molecule has 0 aliphatic carbocycles. The molecule has 1 aromatic carbocycles. The van der Waals surface area contributed by atoms with Crippen LogP contribution in [-0.2, 0) is 12.8 Å². The molecule has 0 saturated heterocycles. The second-order valence-corrected chi connectivity index (χ2v) is 2.91. The minimum Gasteiger partial charge on any atom is -0.508 e. The summed E-state index contributed by atoms with van der Waals surface area (Å²) in [5, 5.41) is 19.0. The van der Waals surface area contributed by atoms with Gasteiger partial charge in [-0.05, 0) is 25.0 Å². The minimum atomic E-state index is 0.231. The maximum atomic E-state index is 9.52. The van der Waals surface area contributed by atoms with Crippen LogP contribution in [0.1, 0.15) is 18.1 Å². The number of aromatic hydroxyl groups is 2. The van der Waals surface area contributed by atoms with Gasteiger partial charge >= 0.3 is 0 Å². The van der Waals surface area contributed by atoms with Gasteiger partial charge in [0.05, 0.1) is 0 Å². The van der Waals surface area contributed by atoms with E-state index >= 15 is 0 Å². The Balaban J connectivity index is 3.25. The van der Waals surface area contributed by atoms with Crippen LogP contribution in [0.2, 0.25) is 0 Å². The zero-order chi connectivity index (χ0) is 9.84. The zero-order valence-electron chi connectivity index (χ0n) is 7.75. The molecule has 0 radical (unpaired) electrons. The average molecular weight is 178 g/mol. The summed E-state index contributed by atoms with van der Waals surface area (Å²) in [4.78, 5) is 0. The predicted octanol–water partition coefficient (Wildman–Crippen LogP) is 2.39. The summed E-state index contributed by atoms with van der Waals surface area (Å²) in [6.07, 6.45) is 3.01. The van der Waals surface area contributed by atoms with Gasteiger partial charge in [0.2, 0.25) is 0 Å². The molecule has 0 fully saturated rings. The molecule has 0 aliphatic heterocycles. The van der Waals surface area contributed by atoms with Crippen molar-refractivity contribution in [2.24, 2.45) is 0 Å². The van der Waals surface area contributed by atoms with Crippen molar-refractivity contribution in [3.05, 3.63) is 35.9 Å².